The standard InChI is InChI=1S/C30H35N3O5S2/c34-30(31-20-19-25-11-14-27(15-12-25)39(35,36)32-21-3-4-22-32)18-13-24-9-16-28(17-10-24)40(37,38)33-23-5-7-26-6-1-2-8-29(26)33/h1-2,6,8-12,14-17H,3-5,7,13,18-23H2,(H,31,34). The van der Waals surface area contributed by atoms with Gasteiger partial charge in [-0.2, -0.15) is 4.31 Å². The molecule has 5 rings (SSSR count). The Bertz CT molecular complexity index is 1550. The van der Waals surface area contributed by atoms with E-state index < -0.39 is 20.0 Å². The molecule has 0 radical (unpaired) electrons. The molecule has 1 amide bonds. The third-order valence-corrected chi connectivity index (χ3v) is 11.3. The Morgan fingerprint density at radius 2 is 1.30 bits per heavy atom. The number of para-hydroxylation sites is 1. The van der Waals surface area contributed by atoms with Gasteiger partial charge in [0.05, 0.1) is 15.5 Å². The van der Waals surface area contributed by atoms with Crippen molar-refractivity contribution in [2.75, 3.05) is 30.5 Å². The van der Waals surface area contributed by atoms with Gasteiger partial charge in [0.2, 0.25) is 15.9 Å². The zero-order valence-electron chi connectivity index (χ0n) is 22.5. The van der Waals surface area contributed by atoms with E-state index >= 15 is 0 Å². The molecule has 0 aromatic heterocycles. The first-order chi connectivity index (χ1) is 19.2. The van der Waals surface area contributed by atoms with E-state index in [9.17, 15) is 21.6 Å². The molecule has 1 fully saturated rings. The van der Waals surface area contributed by atoms with Gasteiger partial charge in [0.25, 0.3) is 10.0 Å². The van der Waals surface area contributed by atoms with Crippen LogP contribution in [-0.2, 0) is 44.1 Å². The smallest absolute Gasteiger partial charge is 0.264 e. The first kappa shape index (κ1) is 28.3. The van der Waals surface area contributed by atoms with Gasteiger partial charge in [-0.25, -0.2) is 16.8 Å². The summed E-state index contributed by atoms with van der Waals surface area (Å²) in [5.41, 5.74) is 3.64. The molecule has 3 aromatic rings. The number of amides is 1. The second-order valence-corrected chi connectivity index (χ2v) is 14.1. The van der Waals surface area contributed by atoms with Crippen molar-refractivity contribution in [3.63, 3.8) is 0 Å². The fraction of sp³-hybridized carbons (Fsp3) is 0.367. The van der Waals surface area contributed by atoms with Crippen LogP contribution in [0, 0.1) is 0 Å². The summed E-state index contributed by atoms with van der Waals surface area (Å²) in [7, 11) is -7.08. The molecule has 1 N–H and O–H groups in total. The summed E-state index contributed by atoms with van der Waals surface area (Å²) in [6.07, 6.45) is 4.85. The SMILES string of the molecule is O=C(CCc1ccc(S(=O)(=O)N2CCCc3ccccc32)cc1)NCCc1ccc(S(=O)(=O)N2CCCC2)cc1. The lowest BCUT2D eigenvalue weighted by molar-refractivity contribution is -0.121. The zero-order valence-corrected chi connectivity index (χ0v) is 24.1. The molecule has 10 heteroatoms. The molecule has 0 bridgehead atoms. The van der Waals surface area contributed by atoms with Crippen molar-refractivity contribution >= 4 is 31.6 Å². The molecule has 0 atom stereocenters. The number of benzene rings is 3. The van der Waals surface area contributed by atoms with Crippen LogP contribution in [0.1, 0.15) is 42.4 Å². The highest BCUT2D eigenvalue weighted by Crippen LogP contribution is 2.32. The van der Waals surface area contributed by atoms with Crippen LogP contribution >= 0.6 is 0 Å². The first-order valence-electron chi connectivity index (χ1n) is 13.8. The molecular formula is C30H35N3O5S2. The molecule has 3 aromatic carbocycles. The summed E-state index contributed by atoms with van der Waals surface area (Å²) in [6, 6.07) is 21.3. The monoisotopic (exact) mass is 581 g/mol. The van der Waals surface area contributed by atoms with E-state index in [0.29, 0.717) is 50.3 Å². The Morgan fingerprint density at radius 3 is 1.98 bits per heavy atom. The minimum Gasteiger partial charge on any atom is -0.356 e. The van der Waals surface area contributed by atoms with Crippen LogP contribution in [0.15, 0.2) is 82.6 Å². The molecule has 1 saturated heterocycles. The molecule has 0 aliphatic carbocycles. The molecule has 40 heavy (non-hydrogen) atoms. The van der Waals surface area contributed by atoms with Gasteiger partial charge in [0.15, 0.2) is 0 Å². The van der Waals surface area contributed by atoms with Crippen molar-refractivity contribution in [2.45, 2.75) is 54.7 Å². The van der Waals surface area contributed by atoms with Gasteiger partial charge >= 0.3 is 0 Å². The second-order valence-electron chi connectivity index (χ2n) is 10.3. The molecule has 2 heterocycles. The Balaban J connectivity index is 1.09. The highest BCUT2D eigenvalue weighted by Gasteiger charge is 2.29. The topological polar surface area (TPSA) is 104 Å². The van der Waals surface area contributed by atoms with Crippen LogP contribution in [0.25, 0.3) is 0 Å². The van der Waals surface area contributed by atoms with Crippen molar-refractivity contribution in [2.24, 2.45) is 0 Å². The van der Waals surface area contributed by atoms with Crippen LogP contribution < -0.4 is 9.62 Å². The molecule has 2 aliphatic heterocycles. The summed E-state index contributed by atoms with van der Waals surface area (Å²) in [5.74, 6) is -0.0881. The van der Waals surface area contributed by atoms with E-state index in [-0.39, 0.29) is 10.8 Å². The maximum absolute atomic E-state index is 13.3. The van der Waals surface area contributed by atoms with Gasteiger partial charge in [-0.3, -0.25) is 9.10 Å². The first-order valence-corrected chi connectivity index (χ1v) is 16.7. The maximum Gasteiger partial charge on any atom is 0.264 e. The van der Waals surface area contributed by atoms with Crippen LogP contribution in [0.3, 0.4) is 0 Å². The summed E-state index contributed by atoms with van der Waals surface area (Å²) < 4.78 is 55.0. The summed E-state index contributed by atoms with van der Waals surface area (Å²) >= 11 is 0. The lowest BCUT2D eigenvalue weighted by atomic mass is 10.0. The van der Waals surface area contributed by atoms with Gasteiger partial charge in [-0.05, 0) is 85.5 Å². The van der Waals surface area contributed by atoms with Crippen LogP contribution in [0.4, 0.5) is 5.69 Å². The van der Waals surface area contributed by atoms with Crippen molar-refractivity contribution in [1.82, 2.24) is 9.62 Å². The minimum absolute atomic E-state index is 0.0881. The highest BCUT2D eigenvalue weighted by atomic mass is 32.2. The Kier molecular flexibility index (Phi) is 8.58. The third-order valence-electron chi connectivity index (χ3n) is 7.58. The lowest BCUT2D eigenvalue weighted by Gasteiger charge is -2.30. The number of fused-ring (bicyclic) bond motifs is 1. The van der Waals surface area contributed by atoms with Crippen molar-refractivity contribution in [3.05, 3.63) is 89.5 Å². The minimum atomic E-state index is -3.66. The Morgan fingerprint density at radius 1 is 0.700 bits per heavy atom. The number of hydrogen-bond donors (Lipinski definition) is 1. The number of hydrogen-bond acceptors (Lipinski definition) is 5. The lowest BCUT2D eigenvalue weighted by Crippen LogP contribution is -2.35. The van der Waals surface area contributed by atoms with E-state index in [4.69, 9.17) is 0 Å². The predicted octanol–water partition coefficient (Wildman–Crippen LogP) is 3.90. The predicted molar refractivity (Wildman–Crippen MR) is 155 cm³/mol. The number of anilines is 1. The number of nitrogens with zero attached hydrogens (tertiary/aromatic N) is 2. The second kappa shape index (κ2) is 12.1. The number of carbonyl (C=O) groups is 1. The van der Waals surface area contributed by atoms with E-state index in [1.165, 1.54) is 8.61 Å². The quantitative estimate of drug-likeness (QED) is 0.391. The highest BCUT2D eigenvalue weighted by molar-refractivity contribution is 7.92. The number of rotatable bonds is 10. The van der Waals surface area contributed by atoms with Gasteiger partial charge in [0, 0.05) is 32.6 Å². The average molecular weight is 582 g/mol. The number of aryl methyl sites for hydroxylation is 2. The number of sulfonamides is 2. The normalized spacial score (nSPS) is 16.1. The molecule has 8 nitrogen and oxygen atoms in total. The summed E-state index contributed by atoms with van der Waals surface area (Å²) in [5, 5.41) is 2.91. The maximum atomic E-state index is 13.3. The fourth-order valence-corrected chi connectivity index (χ4v) is 8.36. The van der Waals surface area contributed by atoms with E-state index in [1.807, 2.05) is 24.3 Å². The van der Waals surface area contributed by atoms with Crippen molar-refractivity contribution in [3.8, 4) is 0 Å². The molecule has 0 saturated carbocycles. The zero-order chi connectivity index (χ0) is 28.2. The van der Waals surface area contributed by atoms with Crippen molar-refractivity contribution in [1.29, 1.82) is 0 Å². The van der Waals surface area contributed by atoms with Crippen LogP contribution in [0.2, 0.25) is 0 Å². The van der Waals surface area contributed by atoms with Gasteiger partial charge in [-0.15, -0.1) is 0 Å². The van der Waals surface area contributed by atoms with Gasteiger partial charge < -0.3 is 5.32 Å². The number of carbonyl (C=O) groups excluding carboxylic acids is 1. The van der Waals surface area contributed by atoms with Crippen molar-refractivity contribution < 1.29 is 21.6 Å². The van der Waals surface area contributed by atoms with Crippen LogP contribution in [-0.4, -0.2) is 53.2 Å². The fourth-order valence-electron chi connectivity index (χ4n) is 5.30. The van der Waals surface area contributed by atoms with Crippen LogP contribution in [0.5, 0.6) is 0 Å². The molecule has 0 unspecified atom stereocenters. The van der Waals surface area contributed by atoms with Gasteiger partial charge in [0.1, 0.15) is 0 Å². The molecule has 212 valence electrons. The van der Waals surface area contributed by atoms with E-state index in [2.05, 4.69) is 5.32 Å². The Hall–Kier alpha value is -3.21. The van der Waals surface area contributed by atoms with E-state index in [0.717, 1.165) is 48.1 Å². The summed E-state index contributed by atoms with van der Waals surface area (Å²) in [6.45, 7) is 2.06. The Labute approximate surface area is 237 Å². The average Bonchev–Trinajstić information content (AvgIpc) is 3.53. The van der Waals surface area contributed by atoms with Gasteiger partial charge in [-0.1, -0.05) is 42.5 Å². The number of nitrogens with one attached hydrogen (secondary N) is 1. The summed E-state index contributed by atoms with van der Waals surface area (Å²) in [4.78, 5) is 12.9. The largest absolute Gasteiger partial charge is 0.356 e. The van der Waals surface area contributed by atoms with E-state index in [1.54, 1.807) is 48.5 Å². The molecule has 0 spiro atoms. The third kappa shape index (κ3) is 6.24. The molecule has 2 aliphatic rings. The molecular weight excluding hydrogens is 546 g/mol.